The summed E-state index contributed by atoms with van der Waals surface area (Å²) >= 11 is 0. The molecule has 1 aliphatic carbocycles. The van der Waals surface area contributed by atoms with Crippen LogP contribution in [0.25, 0.3) is 0 Å². The minimum Gasteiger partial charge on any atom is -0.326 e. The van der Waals surface area contributed by atoms with Gasteiger partial charge in [0.15, 0.2) is 0 Å². The van der Waals surface area contributed by atoms with Crippen molar-refractivity contribution in [3.8, 4) is 0 Å². The van der Waals surface area contributed by atoms with E-state index in [-0.39, 0.29) is 0 Å². The molecule has 0 spiro atoms. The van der Waals surface area contributed by atoms with Gasteiger partial charge in [-0.2, -0.15) is 0 Å². The Kier molecular flexibility index (Phi) is 4.63. The molecule has 0 bridgehead atoms. The lowest BCUT2D eigenvalue weighted by Crippen LogP contribution is -2.59. The highest BCUT2D eigenvalue weighted by atomic mass is 15.3. The fraction of sp³-hybridized carbons (Fsp3) is 1.00. The van der Waals surface area contributed by atoms with Crippen molar-refractivity contribution in [2.45, 2.75) is 77.4 Å². The summed E-state index contributed by atoms with van der Waals surface area (Å²) in [7, 11) is 0. The molecule has 2 heterocycles. The molecule has 3 rings (SSSR count). The molecule has 4 unspecified atom stereocenters. The lowest BCUT2D eigenvalue weighted by molar-refractivity contribution is 0.0172. The summed E-state index contributed by atoms with van der Waals surface area (Å²) in [5.74, 6) is 0.855. The van der Waals surface area contributed by atoms with E-state index in [2.05, 4.69) is 30.6 Å². The number of hydrogen-bond donors (Lipinski definition) is 1. The molecule has 1 saturated carbocycles. The highest BCUT2D eigenvalue weighted by Gasteiger charge is 2.41. The number of fused-ring (bicyclic) bond motifs is 1. The molecule has 3 aliphatic rings. The van der Waals surface area contributed by atoms with Gasteiger partial charge < -0.3 is 5.73 Å². The maximum absolute atomic E-state index is 6.54. The lowest BCUT2D eigenvalue weighted by atomic mass is 9.67. The second-order valence-electron chi connectivity index (χ2n) is 8.41. The van der Waals surface area contributed by atoms with E-state index < -0.39 is 0 Å². The van der Waals surface area contributed by atoms with Crippen LogP contribution in [0.1, 0.15) is 59.3 Å². The molecule has 0 amide bonds. The average Bonchev–Trinajstić information content (AvgIpc) is 2.95. The monoisotopic (exact) mass is 293 g/mol. The van der Waals surface area contributed by atoms with Gasteiger partial charge in [-0.05, 0) is 50.0 Å². The van der Waals surface area contributed by atoms with E-state index in [1.165, 1.54) is 64.7 Å². The van der Waals surface area contributed by atoms with E-state index in [0.717, 1.165) is 12.0 Å². The van der Waals surface area contributed by atoms with E-state index in [1.54, 1.807) is 0 Å². The van der Waals surface area contributed by atoms with Gasteiger partial charge in [0.05, 0.1) is 0 Å². The summed E-state index contributed by atoms with van der Waals surface area (Å²) < 4.78 is 0. The fourth-order valence-corrected chi connectivity index (χ4v) is 4.90. The Hall–Kier alpha value is -0.120. The summed E-state index contributed by atoms with van der Waals surface area (Å²) in [5.41, 5.74) is 7.02. The zero-order valence-electron chi connectivity index (χ0n) is 14.4. The third kappa shape index (κ3) is 3.16. The molecule has 0 aromatic rings. The molecule has 2 saturated heterocycles. The zero-order chi connectivity index (χ0) is 15.0. The van der Waals surface area contributed by atoms with Gasteiger partial charge in [0.2, 0.25) is 0 Å². The van der Waals surface area contributed by atoms with Gasteiger partial charge in [-0.3, -0.25) is 9.80 Å². The van der Waals surface area contributed by atoms with Crippen LogP contribution in [0.5, 0.6) is 0 Å². The second kappa shape index (κ2) is 6.17. The first-order valence-electron chi connectivity index (χ1n) is 9.25. The van der Waals surface area contributed by atoms with Crippen molar-refractivity contribution >= 4 is 0 Å². The van der Waals surface area contributed by atoms with Gasteiger partial charge in [0.25, 0.3) is 0 Å². The lowest BCUT2D eigenvalue weighted by Gasteiger charge is -2.49. The number of piperazine rings is 1. The molecule has 3 fully saturated rings. The second-order valence-corrected chi connectivity index (χ2v) is 8.41. The van der Waals surface area contributed by atoms with E-state index in [1.807, 2.05) is 0 Å². The highest BCUT2D eigenvalue weighted by molar-refractivity contribution is 4.97. The van der Waals surface area contributed by atoms with Crippen molar-refractivity contribution in [2.75, 3.05) is 26.2 Å². The van der Waals surface area contributed by atoms with Crippen LogP contribution in [-0.4, -0.2) is 54.1 Å². The average molecular weight is 293 g/mol. The third-order valence-corrected chi connectivity index (χ3v) is 6.97. The van der Waals surface area contributed by atoms with Gasteiger partial charge in [0, 0.05) is 37.8 Å². The van der Waals surface area contributed by atoms with Crippen molar-refractivity contribution in [2.24, 2.45) is 17.1 Å². The molecule has 3 nitrogen and oxygen atoms in total. The van der Waals surface area contributed by atoms with Gasteiger partial charge >= 0.3 is 0 Å². The first kappa shape index (κ1) is 15.8. The minimum atomic E-state index is 0.404. The normalized spacial score (nSPS) is 39.4. The van der Waals surface area contributed by atoms with E-state index in [4.69, 9.17) is 5.73 Å². The molecule has 2 aliphatic heterocycles. The summed E-state index contributed by atoms with van der Waals surface area (Å²) in [5, 5.41) is 0. The Morgan fingerprint density at radius 3 is 2.57 bits per heavy atom. The van der Waals surface area contributed by atoms with Crippen LogP contribution in [0.3, 0.4) is 0 Å². The van der Waals surface area contributed by atoms with Gasteiger partial charge in [0.1, 0.15) is 0 Å². The SMILES string of the molecule is CCC(C)(C)C1CCC(N)C(N2CCN3CCCC3C2)C1. The first-order valence-corrected chi connectivity index (χ1v) is 9.25. The summed E-state index contributed by atoms with van der Waals surface area (Å²) in [4.78, 5) is 5.47. The van der Waals surface area contributed by atoms with Crippen molar-refractivity contribution < 1.29 is 0 Å². The molecule has 21 heavy (non-hydrogen) atoms. The topological polar surface area (TPSA) is 32.5 Å². The Labute approximate surface area is 131 Å². The van der Waals surface area contributed by atoms with Gasteiger partial charge in [-0.25, -0.2) is 0 Å². The number of rotatable bonds is 3. The standard InChI is InChI=1S/C18H35N3/c1-4-18(2,3)14-7-8-16(19)17(12-14)21-11-10-20-9-5-6-15(20)13-21/h14-17H,4-13,19H2,1-3H3. The molecular weight excluding hydrogens is 258 g/mol. The molecule has 3 heteroatoms. The van der Waals surface area contributed by atoms with E-state index in [9.17, 15) is 0 Å². The molecular formula is C18H35N3. The largest absolute Gasteiger partial charge is 0.326 e. The summed E-state index contributed by atoms with van der Waals surface area (Å²) in [6, 6.07) is 1.87. The van der Waals surface area contributed by atoms with Gasteiger partial charge in [-0.1, -0.05) is 27.2 Å². The van der Waals surface area contributed by atoms with Crippen LogP contribution >= 0.6 is 0 Å². The molecule has 0 aromatic heterocycles. The van der Waals surface area contributed by atoms with E-state index in [0.29, 0.717) is 17.5 Å². The first-order chi connectivity index (χ1) is 10.0. The van der Waals surface area contributed by atoms with Crippen molar-refractivity contribution in [1.29, 1.82) is 0 Å². The van der Waals surface area contributed by atoms with Crippen LogP contribution in [0.2, 0.25) is 0 Å². The van der Waals surface area contributed by atoms with Crippen LogP contribution in [-0.2, 0) is 0 Å². The van der Waals surface area contributed by atoms with Gasteiger partial charge in [-0.15, -0.1) is 0 Å². The number of hydrogen-bond acceptors (Lipinski definition) is 3. The number of nitrogens with two attached hydrogens (primary N) is 1. The summed E-state index contributed by atoms with van der Waals surface area (Å²) in [6.45, 7) is 12.4. The Morgan fingerprint density at radius 2 is 1.81 bits per heavy atom. The third-order valence-electron chi connectivity index (χ3n) is 6.97. The van der Waals surface area contributed by atoms with Crippen molar-refractivity contribution in [1.82, 2.24) is 9.80 Å². The highest BCUT2D eigenvalue weighted by Crippen LogP contribution is 2.41. The quantitative estimate of drug-likeness (QED) is 0.868. The maximum Gasteiger partial charge on any atom is 0.0251 e. The predicted molar refractivity (Wildman–Crippen MR) is 89.3 cm³/mol. The Balaban J connectivity index is 1.65. The van der Waals surface area contributed by atoms with Crippen LogP contribution < -0.4 is 5.73 Å². The molecule has 122 valence electrons. The zero-order valence-corrected chi connectivity index (χ0v) is 14.4. The molecule has 4 atom stereocenters. The number of nitrogens with zero attached hydrogens (tertiary/aromatic N) is 2. The maximum atomic E-state index is 6.54. The van der Waals surface area contributed by atoms with Crippen LogP contribution in [0, 0.1) is 11.3 Å². The molecule has 0 aromatic carbocycles. The predicted octanol–water partition coefficient (Wildman–Crippen LogP) is 2.70. The molecule has 2 N–H and O–H groups in total. The van der Waals surface area contributed by atoms with E-state index >= 15 is 0 Å². The fourth-order valence-electron chi connectivity index (χ4n) is 4.90. The Bertz CT molecular complexity index is 354. The van der Waals surface area contributed by atoms with Crippen molar-refractivity contribution in [3.63, 3.8) is 0 Å². The van der Waals surface area contributed by atoms with Crippen molar-refractivity contribution in [3.05, 3.63) is 0 Å². The minimum absolute atomic E-state index is 0.404. The smallest absolute Gasteiger partial charge is 0.0251 e. The Morgan fingerprint density at radius 1 is 1.05 bits per heavy atom. The van der Waals surface area contributed by atoms with Crippen LogP contribution in [0.15, 0.2) is 0 Å². The molecule has 0 radical (unpaired) electrons. The van der Waals surface area contributed by atoms with Crippen LogP contribution in [0.4, 0.5) is 0 Å². The summed E-state index contributed by atoms with van der Waals surface area (Å²) in [6.07, 6.45) is 7.99.